The molecule has 6 heteroatoms. The van der Waals surface area contributed by atoms with Gasteiger partial charge in [0, 0.05) is 13.1 Å². The van der Waals surface area contributed by atoms with Crippen molar-refractivity contribution >= 4 is 5.82 Å². The molecule has 0 spiro atoms. The van der Waals surface area contributed by atoms with Crippen LogP contribution in [0.15, 0.2) is 6.33 Å². The monoisotopic (exact) mass is 255 g/mol. The number of morpholine rings is 1. The van der Waals surface area contributed by atoms with Crippen molar-refractivity contribution in [2.24, 2.45) is 0 Å². The van der Waals surface area contributed by atoms with Crippen LogP contribution in [0, 0.1) is 5.82 Å². The molecule has 2 heterocycles. The van der Waals surface area contributed by atoms with Crippen LogP contribution >= 0.6 is 0 Å². The van der Waals surface area contributed by atoms with Crippen LogP contribution in [0.3, 0.4) is 0 Å². The Labute approximate surface area is 106 Å². The number of aliphatic hydroxyl groups excluding tert-OH is 1. The standard InChI is InChI=1S/C12H18FN3O2/c1-3-10-11(13)12(15-7-14-10)16-4-8(2)18-9(5-16)6-17/h7-9,17H,3-6H2,1-2H3. The number of aliphatic hydroxyl groups is 1. The molecule has 1 saturated heterocycles. The van der Waals surface area contributed by atoms with Crippen LogP contribution in [0.1, 0.15) is 19.5 Å². The quantitative estimate of drug-likeness (QED) is 0.864. The number of nitrogens with zero attached hydrogens (tertiary/aromatic N) is 3. The Hall–Kier alpha value is -1.27. The molecule has 0 radical (unpaired) electrons. The minimum Gasteiger partial charge on any atom is -0.394 e. The van der Waals surface area contributed by atoms with Gasteiger partial charge in [-0.25, -0.2) is 14.4 Å². The maximum atomic E-state index is 14.1. The Morgan fingerprint density at radius 1 is 1.50 bits per heavy atom. The molecular weight excluding hydrogens is 237 g/mol. The molecule has 1 aliphatic heterocycles. The zero-order chi connectivity index (χ0) is 13.1. The topological polar surface area (TPSA) is 58.5 Å². The Balaban J connectivity index is 2.25. The van der Waals surface area contributed by atoms with E-state index in [0.29, 0.717) is 31.0 Å². The van der Waals surface area contributed by atoms with Crippen molar-refractivity contribution in [3.63, 3.8) is 0 Å². The fourth-order valence-corrected chi connectivity index (χ4v) is 2.18. The summed E-state index contributed by atoms with van der Waals surface area (Å²) in [4.78, 5) is 9.74. The summed E-state index contributed by atoms with van der Waals surface area (Å²) in [5.41, 5.74) is 0.416. The maximum absolute atomic E-state index is 14.1. The third kappa shape index (κ3) is 2.59. The first-order chi connectivity index (χ1) is 8.65. The molecular formula is C12H18FN3O2. The van der Waals surface area contributed by atoms with E-state index in [1.165, 1.54) is 6.33 Å². The van der Waals surface area contributed by atoms with Gasteiger partial charge in [-0.2, -0.15) is 0 Å². The van der Waals surface area contributed by atoms with E-state index in [4.69, 9.17) is 9.84 Å². The molecule has 0 saturated carbocycles. The van der Waals surface area contributed by atoms with Crippen LogP contribution in [-0.4, -0.2) is 47.0 Å². The van der Waals surface area contributed by atoms with Gasteiger partial charge in [0.15, 0.2) is 11.6 Å². The number of hydrogen-bond acceptors (Lipinski definition) is 5. The van der Waals surface area contributed by atoms with Gasteiger partial charge in [0.25, 0.3) is 0 Å². The second kappa shape index (κ2) is 5.58. The van der Waals surface area contributed by atoms with E-state index < -0.39 is 0 Å². The van der Waals surface area contributed by atoms with Crippen molar-refractivity contribution in [2.45, 2.75) is 32.5 Å². The molecule has 1 aromatic heterocycles. The van der Waals surface area contributed by atoms with Crippen molar-refractivity contribution in [1.82, 2.24) is 9.97 Å². The molecule has 100 valence electrons. The van der Waals surface area contributed by atoms with E-state index in [0.717, 1.165) is 0 Å². The summed E-state index contributed by atoms with van der Waals surface area (Å²) in [6.07, 6.45) is 1.55. The number of ether oxygens (including phenoxy) is 1. The third-order valence-electron chi connectivity index (χ3n) is 3.01. The van der Waals surface area contributed by atoms with E-state index in [1.54, 1.807) is 0 Å². The lowest BCUT2D eigenvalue weighted by atomic mass is 10.2. The average Bonchev–Trinajstić information content (AvgIpc) is 2.38. The molecule has 1 aromatic rings. The van der Waals surface area contributed by atoms with Crippen LogP contribution < -0.4 is 4.90 Å². The first-order valence-electron chi connectivity index (χ1n) is 6.16. The van der Waals surface area contributed by atoms with Gasteiger partial charge in [-0.05, 0) is 13.3 Å². The highest BCUT2D eigenvalue weighted by Crippen LogP contribution is 2.22. The van der Waals surface area contributed by atoms with Crippen molar-refractivity contribution in [3.8, 4) is 0 Å². The molecule has 18 heavy (non-hydrogen) atoms. The van der Waals surface area contributed by atoms with Crippen molar-refractivity contribution in [3.05, 3.63) is 17.8 Å². The summed E-state index contributed by atoms with van der Waals surface area (Å²) in [6, 6.07) is 0. The summed E-state index contributed by atoms with van der Waals surface area (Å²) in [7, 11) is 0. The molecule has 1 aliphatic rings. The minimum atomic E-state index is -0.370. The fourth-order valence-electron chi connectivity index (χ4n) is 2.18. The van der Waals surface area contributed by atoms with E-state index in [-0.39, 0.29) is 24.6 Å². The Kier molecular flexibility index (Phi) is 4.08. The van der Waals surface area contributed by atoms with Gasteiger partial charge in [0.1, 0.15) is 6.33 Å². The average molecular weight is 255 g/mol. The molecule has 0 aliphatic carbocycles. The van der Waals surface area contributed by atoms with E-state index in [2.05, 4.69) is 9.97 Å². The molecule has 5 nitrogen and oxygen atoms in total. The summed E-state index contributed by atoms with van der Waals surface area (Å²) in [6.45, 7) is 4.68. The predicted octanol–water partition coefficient (Wildman–Crippen LogP) is 0.764. The van der Waals surface area contributed by atoms with Gasteiger partial charge in [-0.15, -0.1) is 0 Å². The highest BCUT2D eigenvalue weighted by molar-refractivity contribution is 5.41. The number of aryl methyl sites for hydroxylation is 1. The molecule has 2 rings (SSSR count). The maximum Gasteiger partial charge on any atom is 0.187 e. The van der Waals surface area contributed by atoms with Crippen LogP contribution in [-0.2, 0) is 11.2 Å². The van der Waals surface area contributed by atoms with Crippen LogP contribution in [0.4, 0.5) is 10.2 Å². The summed E-state index contributed by atoms with van der Waals surface area (Å²) in [5, 5.41) is 9.17. The van der Waals surface area contributed by atoms with Crippen molar-refractivity contribution < 1.29 is 14.2 Å². The SMILES string of the molecule is CCc1ncnc(N2CC(C)OC(CO)C2)c1F. The first-order valence-corrected chi connectivity index (χ1v) is 6.16. The number of hydrogen-bond donors (Lipinski definition) is 1. The molecule has 1 N–H and O–H groups in total. The van der Waals surface area contributed by atoms with Crippen molar-refractivity contribution in [1.29, 1.82) is 0 Å². The van der Waals surface area contributed by atoms with Gasteiger partial charge < -0.3 is 14.7 Å². The lowest BCUT2D eigenvalue weighted by Crippen LogP contribution is -2.48. The van der Waals surface area contributed by atoms with Gasteiger partial charge >= 0.3 is 0 Å². The molecule has 0 amide bonds. The lowest BCUT2D eigenvalue weighted by molar-refractivity contribution is -0.0424. The van der Waals surface area contributed by atoms with E-state index >= 15 is 0 Å². The predicted molar refractivity (Wildman–Crippen MR) is 65.0 cm³/mol. The molecule has 0 aromatic carbocycles. The smallest absolute Gasteiger partial charge is 0.187 e. The normalized spacial score (nSPS) is 24.3. The summed E-state index contributed by atoms with van der Waals surface area (Å²) in [5.74, 6) is -0.0683. The van der Waals surface area contributed by atoms with E-state index in [1.807, 2.05) is 18.7 Å². The zero-order valence-electron chi connectivity index (χ0n) is 10.6. The van der Waals surface area contributed by atoms with Gasteiger partial charge in [0.05, 0.1) is 24.5 Å². The molecule has 1 fully saturated rings. The van der Waals surface area contributed by atoms with E-state index in [9.17, 15) is 4.39 Å². The highest BCUT2D eigenvalue weighted by atomic mass is 19.1. The van der Waals surface area contributed by atoms with Gasteiger partial charge in [-0.1, -0.05) is 6.92 Å². The first kappa shape index (κ1) is 13.2. The highest BCUT2D eigenvalue weighted by Gasteiger charge is 2.28. The zero-order valence-corrected chi connectivity index (χ0v) is 10.6. The Morgan fingerprint density at radius 3 is 2.94 bits per heavy atom. The number of halogens is 1. The molecule has 0 bridgehead atoms. The second-order valence-electron chi connectivity index (χ2n) is 4.47. The number of rotatable bonds is 3. The summed E-state index contributed by atoms with van der Waals surface area (Å²) >= 11 is 0. The second-order valence-corrected chi connectivity index (χ2v) is 4.47. The van der Waals surface area contributed by atoms with Gasteiger partial charge in [0.2, 0.25) is 0 Å². The third-order valence-corrected chi connectivity index (χ3v) is 3.01. The minimum absolute atomic E-state index is 0.0599. The Bertz CT molecular complexity index is 416. The van der Waals surface area contributed by atoms with Crippen molar-refractivity contribution in [2.75, 3.05) is 24.6 Å². The van der Waals surface area contributed by atoms with Gasteiger partial charge in [-0.3, -0.25) is 0 Å². The molecule has 2 unspecified atom stereocenters. The largest absolute Gasteiger partial charge is 0.394 e. The number of aromatic nitrogens is 2. The Morgan fingerprint density at radius 2 is 2.28 bits per heavy atom. The van der Waals surface area contributed by atoms with Crippen LogP contribution in [0.2, 0.25) is 0 Å². The lowest BCUT2D eigenvalue weighted by Gasteiger charge is -2.36. The van der Waals surface area contributed by atoms with Crippen LogP contribution in [0.5, 0.6) is 0 Å². The number of anilines is 1. The van der Waals surface area contributed by atoms with Crippen LogP contribution in [0.25, 0.3) is 0 Å². The molecule has 2 atom stereocenters. The fraction of sp³-hybridized carbons (Fsp3) is 0.667. The summed E-state index contributed by atoms with van der Waals surface area (Å²) < 4.78 is 19.7.